The fraction of sp³-hybridized carbons (Fsp3) is 0.444. The molecule has 0 bridgehead atoms. The Morgan fingerprint density at radius 1 is 1.38 bits per heavy atom. The van der Waals surface area contributed by atoms with E-state index in [0.717, 1.165) is 41.4 Å². The third-order valence-electron chi connectivity index (χ3n) is 4.43. The molecule has 26 heavy (non-hydrogen) atoms. The van der Waals surface area contributed by atoms with Gasteiger partial charge in [0, 0.05) is 30.7 Å². The number of oxazole rings is 1. The van der Waals surface area contributed by atoms with Crippen LogP contribution >= 0.6 is 39.9 Å². The van der Waals surface area contributed by atoms with Gasteiger partial charge in [0.25, 0.3) is 0 Å². The maximum Gasteiger partial charge on any atom is 0.214 e. The highest BCUT2D eigenvalue weighted by Crippen LogP contribution is 2.28. The van der Waals surface area contributed by atoms with E-state index in [9.17, 15) is 0 Å². The SMILES string of the molecule is CN=C(NCc1nc(C)c(C)o1)NC1CCN(c2ccccc2Br)C1.I. The number of nitrogens with one attached hydrogen (secondary N) is 2. The van der Waals surface area contributed by atoms with Gasteiger partial charge in [-0.3, -0.25) is 4.99 Å². The average Bonchev–Trinajstić information content (AvgIpc) is 3.19. The molecule has 1 aromatic carbocycles. The van der Waals surface area contributed by atoms with E-state index in [1.807, 2.05) is 19.9 Å². The monoisotopic (exact) mass is 533 g/mol. The summed E-state index contributed by atoms with van der Waals surface area (Å²) < 4.78 is 6.73. The lowest BCUT2D eigenvalue weighted by Crippen LogP contribution is -2.44. The molecule has 2 heterocycles. The summed E-state index contributed by atoms with van der Waals surface area (Å²) in [6.45, 7) is 6.36. The van der Waals surface area contributed by atoms with Crippen LogP contribution in [0.15, 0.2) is 38.1 Å². The van der Waals surface area contributed by atoms with E-state index in [4.69, 9.17) is 4.42 Å². The number of hydrogen-bond donors (Lipinski definition) is 2. The Morgan fingerprint density at radius 2 is 2.15 bits per heavy atom. The standard InChI is InChI=1S/C18H24BrN5O.HI/c1-12-13(2)25-17(22-12)10-21-18(20-3)23-14-8-9-24(11-14)16-7-5-4-6-15(16)19;/h4-7,14H,8-11H2,1-3H3,(H2,20,21,23);1H. The van der Waals surface area contributed by atoms with Crippen molar-refractivity contribution in [3.63, 3.8) is 0 Å². The van der Waals surface area contributed by atoms with Gasteiger partial charge >= 0.3 is 0 Å². The summed E-state index contributed by atoms with van der Waals surface area (Å²) in [4.78, 5) is 11.1. The number of halogens is 2. The zero-order valence-electron chi connectivity index (χ0n) is 15.3. The fourth-order valence-corrected chi connectivity index (χ4v) is 3.50. The van der Waals surface area contributed by atoms with Crippen molar-refractivity contribution in [2.75, 3.05) is 25.0 Å². The van der Waals surface area contributed by atoms with Gasteiger partial charge in [0.15, 0.2) is 5.96 Å². The molecule has 1 atom stereocenters. The van der Waals surface area contributed by atoms with Crippen LogP contribution in [0.3, 0.4) is 0 Å². The Kier molecular flexibility index (Phi) is 7.75. The summed E-state index contributed by atoms with van der Waals surface area (Å²) >= 11 is 3.63. The van der Waals surface area contributed by atoms with Gasteiger partial charge in [-0.2, -0.15) is 0 Å². The van der Waals surface area contributed by atoms with E-state index in [-0.39, 0.29) is 24.0 Å². The molecule has 2 aromatic rings. The van der Waals surface area contributed by atoms with Gasteiger partial charge in [0.05, 0.1) is 17.9 Å². The molecule has 1 saturated heterocycles. The Morgan fingerprint density at radius 3 is 2.81 bits per heavy atom. The summed E-state index contributed by atoms with van der Waals surface area (Å²) in [7, 11) is 1.78. The van der Waals surface area contributed by atoms with Gasteiger partial charge in [0.2, 0.25) is 5.89 Å². The maximum atomic E-state index is 5.60. The summed E-state index contributed by atoms with van der Waals surface area (Å²) in [5.41, 5.74) is 2.17. The van der Waals surface area contributed by atoms with Gasteiger partial charge in [-0.1, -0.05) is 12.1 Å². The van der Waals surface area contributed by atoms with Crippen LogP contribution in [0.4, 0.5) is 5.69 Å². The summed E-state index contributed by atoms with van der Waals surface area (Å²) in [5.74, 6) is 2.31. The van der Waals surface area contributed by atoms with Crippen molar-refractivity contribution in [2.45, 2.75) is 32.9 Å². The molecule has 0 saturated carbocycles. The molecule has 0 radical (unpaired) electrons. The number of aromatic nitrogens is 1. The largest absolute Gasteiger partial charge is 0.444 e. The van der Waals surface area contributed by atoms with Crippen molar-refractivity contribution < 1.29 is 4.42 Å². The molecule has 142 valence electrons. The van der Waals surface area contributed by atoms with Gasteiger partial charge in [0.1, 0.15) is 5.76 Å². The molecular weight excluding hydrogens is 509 g/mol. The summed E-state index contributed by atoms with van der Waals surface area (Å²) in [5, 5.41) is 6.76. The number of benzene rings is 1. The lowest BCUT2D eigenvalue weighted by Gasteiger charge is -2.21. The highest BCUT2D eigenvalue weighted by Gasteiger charge is 2.24. The van der Waals surface area contributed by atoms with Crippen molar-refractivity contribution in [3.05, 3.63) is 46.1 Å². The average molecular weight is 534 g/mol. The highest BCUT2D eigenvalue weighted by molar-refractivity contribution is 14.0. The number of para-hydroxylation sites is 1. The third kappa shape index (κ3) is 5.12. The van der Waals surface area contributed by atoms with Crippen LogP contribution in [0.5, 0.6) is 0 Å². The van der Waals surface area contributed by atoms with Crippen molar-refractivity contribution in [1.82, 2.24) is 15.6 Å². The van der Waals surface area contributed by atoms with Crippen molar-refractivity contribution in [1.29, 1.82) is 0 Å². The second-order valence-corrected chi connectivity index (χ2v) is 7.06. The van der Waals surface area contributed by atoms with Gasteiger partial charge in [-0.25, -0.2) is 4.98 Å². The normalized spacial score (nSPS) is 17.2. The number of hydrogen-bond acceptors (Lipinski definition) is 4. The van der Waals surface area contributed by atoms with E-state index in [1.54, 1.807) is 7.05 Å². The molecule has 1 aliphatic heterocycles. The quantitative estimate of drug-likeness (QED) is 0.357. The van der Waals surface area contributed by atoms with Crippen LogP contribution in [-0.4, -0.2) is 37.1 Å². The minimum atomic E-state index is 0. The lowest BCUT2D eigenvalue weighted by atomic mass is 10.3. The molecule has 3 rings (SSSR count). The van der Waals surface area contributed by atoms with Gasteiger partial charge < -0.3 is 20.0 Å². The van der Waals surface area contributed by atoms with E-state index in [2.05, 4.69) is 59.6 Å². The van der Waals surface area contributed by atoms with Crippen LogP contribution in [-0.2, 0) is 6.54 Å². The minimum absolute atomic E-state index is 0. The summed E-state index contributed by atoms with van der Waals surface area (Å²) in [6, 6.07) is 8.69. The first-order valence-corrected chi connectivity index (χ1v) is 9.25. The number of nitrogens with zero attached hydrogens (tertiary/aromatic N) is 3. The molecule has 2 N–H and O–H groups in total. The number of aliphatic imine (C=N–C) groups is 1. The van der Waals surface area contributed by atoms with E-state index < -0.39 is 0 Å². The van der Waals surface area contributed by atoms with Crippen LogP contribution in [0.25, 0.3) is 0 Å². The summed E-state index contributed by atoms with van der Waals surface area (Å²) in [6.07, 6.45) is 1.07. The maximum absolute atomic E-state index is 5.60. The van der Waals surface area contributed by atoms with Crippen molar-refractivity contribution in [3.8, 4) is 0 Å². The molecule has 0 amide bonds. The van der Waals surface area contributed by atoms with Crippen molar-refractivity contribution in [2.24, 2.45) is 4.99 Å². The number of aryl methyl sites for hydroxylation is 2. The van der Waals surface area contributed by atoms with Crippen LogP contribution in [0, 0.1) is 13.8 Å². The zero-order valence-corrected chi connectivity index (χ0v) is 19.2. The first kappa shape index (κ1) is 21.0. The molecular formula is C18H25BrIN5O. The van der Waals surface area contributed by atoms with Crippen LogP contribution < -0.4 is 15.5 Å². The lowest BCUT2D eigenvalue weighted by molar-refractivity contribution is 0.463. The molecule has 0 spiro atoms. The molecule has 1 fully saturated rings. The Labute approximate surface area is 180 Å². The van der Waals surface area contributed by atoms with Gasteiger partial charge in [-0.05, 0) is 48.3 Å². The molecule has 8 heteroatoms. The predicted octanol–water partition coefficient (Wildman–Crippen LogP) is 3.62. The van der Waals surface area contributed by atoms with E-state index in [1.165, 1.54) is 5.69 Å². The van der Waals surface area contributed by atoms with Crippen LogP contribution in [0.1, 0.15) is 23.8 Å². The fourth-order valence-electron chi connectivity index (χ4n) is 2.97. The number of guanidine groups is 1. The molecule has 1 unspecified atom stereocenters. The third-order valence-corrected chi connectivity index (χ3v) is 5.10. The minimum Gasteiger partial charge on any atom is -0.444 e. The number of anilines is 1. The predicted molar refractivity (Wildman–Crippen MR) is 119 cm³/mol. The second kappa shape index (κ2) is 9.59. The van der Waals surface area contributed by atoms with Crippen LogP contribution in [0.2, 0.25) is 0 Å². The van der Waals surface area contributed by atoms with E-state index in [0.29, 0.717) is 18.5 Å². The first-order chi connectivity index (χ1) is 12.1. The van der Waals surface area contributed by atoms with Crippen molar-refractivity contribution >= 4 is 51.6 Å². The molecule has 1 aromatic heterocycles. The Balaban J connectivity index is 0.00000243. The second-order valence-electron chi connectivity index (χ2n) is 6.20. The zero-order chi connectivity index (χ0) is 17.8. The molecule has 1 aliphatic rings. The Bertz CT molecular complexity index is 744. The molecule has 0 aliphatic carbocycles. The first-order valence-electron chi connectivity index (χ1n) is 8.46. The molecule has 6 nitrogen and oxygen atoms in total. The Hall–Kier alpha value is -1.29. The highest BCUT2D eigenvalue weighted by atomic mass is 127. The number of rotatable bonds is 4. The topological polar surface area (TPSA) is 65.7 Å². The van der Waals surface area contributed by atoms with E-state index >= 15 is 0 Å². The smallest absolute Gasteiger partial charge is 0.214 e. The van der Waals surface area contributed by atoms with Gasteiger partial charge in [-0.15, -0.1) is 24.0 Å².